The van der Waals surface area contributed by atoms with Gasteiger partial charge in [-0.25, -0.2) is 12.7 Å². The third-order valence-corrected chi connectivity index (χ3v) is 5.67. The Morgan fingerprint density at radius 3 is 2.17 bits per heavy atom. The van der Waals surface area contributed by atoms with Gasteiger partial charge in [-0.2, -0.15) is 0 Å². The molecule has 0 N–H and O–H groups in total. The fourth-order valence-electron chi connectivity index (χ4n) is 2.50. The molecule has 0 saturated carbocycles. The zero-order chi connectivity index (χ0) is 17.3. The topological polar surface area (TPSA) is 54.5 Å². The lowest BCUT2D eigenvalue weighted by Crippen LogP contribution is -2.35. The summed E-state index contributed by atoms with van der Waals surface area (Å²) in [5.74, 6) is -0.583. The van der Waals surface area contributed by atoms with Crippen molar-refractivity contribution in [1.82, 2.24) is 0 Å². The molecule has 3 rings (SSSR count). The van der Waals surface area contributed by atoms with Gasteiger partial charge in [0.25, 0.3) is 10.0 Å². The highest BCUT2D eigenvalue weighted by Crippen LogP contribution is 2.28. The van der Waals surface area contributed by atoms with Crippen molar-refractivity contribution < 1.29 is 13.2 Å². The summed E-state index contributed by atoms with van der Waals surface area (Å²) in [6.07, 6.45) is 0. The molecule has 4 nitrogen and oxygen atoms in total. The fraction of sp³-hybridized carbons (Fsp3) is 0.0556. The van der Waals surface area contributed by atoms with Gasteiger partial charge < -0.3 is 0 Å². The predicted octanol–water partition coefficient (Wildman–Crippen LogP) is 4.24. The molecule has 6 heteroatoms. The van der Waals surface area contributed by atoms with E-state index in [4.69, 9.17) is 11.6 Å². The Kier molecular flexibility index (Phi) is 4.30. The summed E-state index contributed by atoms with van der Waals surface area (Å²) in [6.45, 7) is 1.22. The van der Waals surface area contributed by atoms with Gasteiger partial charge in [0.2, 0.25) is 5.91 Å². The van der Waals surface area contributed by atoms with E-state index in [1.807, 2.05) is 24.3 Å². The molecule has 0 aliphatic carbocycles. The van der Waals surface area contributed by atoms with Crippen LogP contribution < -0.4 is 4.31 Å². The zero-order valence-electron chi connectivity index (χ0n) is 12.8. The third kappa shape index (κ3) is 3.00. The maximum atomic E-state index is 12.9. The van der Waals surface area contributed by atoms with E-state index in [1.54, 1.807) is 18.2 Å². The van der Waals surface area contributed by atoms with Crippen molar-refractivity contribution in [3.05, 3.63) is 71.8 Å². The molecule has 0 heterocycles. The van der Waals surface area contributed by atoms with Crippen molar-refractivity contribution in [1.29, 1.82) is 0 Å². The molecule has 1 amide bonds. The first-order valence-corrected chi connectivity index (χ1v) is 9.02. The summed E-state index contributed by atoms with van der Waals surface area (Å²) < 4.78 is 26.6. The van der Waals surface area contributed by atoms with E-state index in [-0.39, 0.29) is 4.90 Å². The van der Waals surface area contributed by atoms with Crippen molar-refractivity contribution in [2.45, 2.75) is 11.8 Å². The van der Waals surface area contributed by atoms with Crippen LogP contribution in [0.4, 0.5) is 5.69 Å². The summed E-state index contributed by atoms with van der Waals surface area (Å²) in [5, 5.41) is 2.25. The van der Waals surface area contributed by atoms with E-state index in [0.29, 0.717) is 10.7 Å². The van der Waals surface area contributed by atoms with Gasteiger partial charge in [-0.1, -0.05) is 41.9 Å². The molecule has 0 aromatic heterocycles. The molecule has 0 bridgehead atoms. The highest BCUT2D eigenvalue weighted by molar-refractivity contribution is 7.93. The lowest BCUT2D eigenvalue weighted by atomic mass is 10.1. The van der Waals surface area contributed by atoms with E-state index in [9.17, 15) is 13.2 Å². The second-order valence-corrected chi connectivity index (χ2v) is 7.50. The molecule has 122 valence electrons. The van der Waals surface area contributed by atoms with Crippen LogP contribution in [0.15, 0.2) is 71.6 Å². The van der Waals surface area contributed by atoms with E-state index in [1.165, 1.54) is 31.2 Å². The smallest absolute Gasteiger partial charge is 0.270 e. The lowest BCUT2D eigenvalue weighted by Gasteiger charge is -2.21. The second-order valence-electron chi connectivity index (χ2n) is 5.27. The standard InChI is InChI=1S/C18H14ClNO3S/c1-13(21)20(24(22,23)18-10-7-16(19)8-11-18)17-9-6-14-4-2-3-5-15(14)12-17/h2-12H,1H3. The molecular weight excluding hydrogens is 346 g/mol. The van der Waals surface area contributed by atoms with Gasteiger partial charge >= 0.3 is 0 Å². The van der Waals surface area contributed by atoms with Gasteiger partial charge in [0.05, 0.1) is 10.6 Å². The van der Waals surface area contributed by atoms with Gasteiger partial charge in [-0.3, -0.25) is 4.79 Å². The molecule has 0 aliphatic heterocycles. The van der Waals surface area contributed by atoms with E-state index < -0.39 is 15.9 Å². The van der Waals surface area contributed by atoms with Crippen LogP contribution in [0.1, 0.15) is 6.92 Å². The average Bonchev–Trinajstić information content (AvgIpc) is 2.54. The molecule has 0 fully saturated rings. The third-order valence-electron chi connectivity index (χ3n) is 3.61. The molecule has 0 saturated heterocycles. The van der Waals surface area contributed by atoms with Crippen molar-refractivity contribution in [3.63, 3.8) is 0 Å². The van der Waals surface area contributed by atoms with Crippen LogP contribution in [0.3, 0.4) is 0 Å². The summed E-state index contributed by atoms with van der Waals surface area (Å²) in [6, 6.07) is 18.4. The second kappa shape index (κ2) is 6.26. The van der Waals surface area contributed by atoms with Gasteiger partial charge in [0.15, 0.2) is 0 Å². The number of fused-ring (bicyclic) bond motifs is 1. The monoisotopic (exact) mass is 359 g/mol. The molecule has 0 radical (unpaired) electrons. The Balaban J connectivity index is 2.15. The van der Waals surface area contributed by atoms with Gasteiger partial charge in [-0.15, -0.1) is 0 Å². The van der Waals surface area contributed by atoms with Crippen LogP contribution >= 0.6 is 11.6 Å². The minimum atomic E-state index is -4.01. The van der Waals surface area contributed by atoms with Crippen molar-refractivity contribution in [3.8, 4) is 0 Å². The summed E-state index contributed by atoms with van der Waals surface area (Å²) in [5.41, 5.74) is 0.302. The number of rotatable bonds is 3. The molecule has 24 heavy (non-hydrogen) atoms. The Labute approximate surface area is 145 Å². The van der Waals surface area contributed by atoms with Crippen LogP contribution in [0.5, 0.6) is 0 Å². The number of hydrogen-bond acceptors (Lipinski definition) is 3. The van der Waals surface area contributed by atoms with Crippen molar-refractivity contribution >= 4 is 44.0 Å². The molecule has 3 aromatic rings. The first-order chi connectivity index (χ1) is 11.4. The SMILES string of the molecule is CC(=O)N(c1ccc2ccccc2c1)S(=O)(=O)c1ccc(Cl)cc1. The molecule has 3 aromatic carbocycles. The van der Waals surface area contributed by atoms with E-state index in [0.717, 1.165) is 15.1 Å². The highest BCUT2D eigenvalue weighted by atomic mass is 35.5. The number of amides is 1. The Bertz CT molecular complexity index is 1010. The molecule has 0 unspecified atom stereocenters. The van der Waals surface area contributed by atoms with Crippen LogP contribution in [-0.2, 0) is 14.8 Å². The van der Waals surface area contributed by atoms with E-state index in [2.05, 4.69) is 0 Å². The largest absolute Gasteiger partial charge is 0.274 e. The van der Waals surface area contributed by atoms with Crippen LogP contribution in [0.25, 0.3) is 10.8 Å². The predicted molar refractivity (Wildman–Crippen MR) is 95.7 cm³/mol. The summed E-state index contributed by atoms with van der Waals surface area (Å²) in [7, 11) is -4.01. The average molecular weight is 360 g/mol. The number of benzene rings is 3. The minimum absolute atomic E-state index is 0.00950. The van der Waals surface area contributed by atoms with Crippen LogP contribution in [-0.4, -0.2) is 14.3 Å². The number of hydrogen-bond donors (Lipinski definition) is 0. The van der Waals surface area contributed by atoms with E-state index >= 15 is 0 Å². The van der Waals surface area contributed by atoms with Crippen molar-refractivity contribution in [2.24, 2.45) is 0 Å². The molecule has 0 spiro atoms. The summed E-state index contributed by atoms with van der Waals surface area (Å²) >= 11 is 5.81. The van der Waals surface area contributed by atoms with Crippen LogP contribution in [0, 0.1) is 0 Å². The Morgan fingerprint density at radius 2 is 1.54 bits per heavy atom. The number of carbonyl (C=O) groups is 1. The van der Waals surface area contributed by atoms with Gasteiger partial charge in [0, 0.05) is 11.9 Å². The minimum Gasteiger partial charge on any atom is -0.274 e. The highest BCUT2D eigenvalue weighted by Gasteiger charge is 2.28. The van der Waals surface area contributed by atoms with Crippen LogP contribution in [0.2, 0.25) is 5.02 Å². The number of halogens is 1. The Hall–Kier alpha value is -2.37. The fourth-order valence-corrected chi connectivity index (χ4v) is 4.05. The first kappa shape index (κ1) is 16.5. The van der Waals surface area contributed by atoms with Crippen molar-refractivity contribution in [2.75, 3.05) is 4.31 Å². The quantitative estimate of drug-likeness (QED) is 0.703. The van der Waals surface area contributed by atoms with Gasteiger partial charge in [-0.05, 0) is 47.2 Å². The maximum Gasteiger partial charge on any atom is 0.270 e. The number of carbonyl (C=O) groups excluding carboxylic acids is 1. The first-order valence-electron chi connectivity index (χ1n) is 7.20. The number of anilines is 1. The Morgan fingerprint density at radius 1 is 0.917 bits per heavy atom. The zero-order valence-corrected chi connectivity index (χ0v) is 14.4. The number of nitrogens with zero attached hydrogens (tertiary/aromatic N) is 1. The molecular formula is C18H14ClNO3S. The lowest BCUT2D eigenvalue weighted by molar-refractivity contribution is -0.115. The molecule has 0 aliphatic rings. The normalized spacial score (nSPS) is 11.4. The maximum absolute atomic E-state index is 12.9. The van der Waals surface area contributed by atoms with Gasteiger partial charge in [0.1, 0.15) is 0 Å². The molecule has 0 atom stereocenters. The summed E-state index contributed by atoms with van der Waals surface area (Å²) in [4.78, 5) is 12.1. The number of sulfonamides is 1.